The zero-order chi connectivity index (χ0) is 3.41. The van der Waals surface area contributed by atoms with Crippen molar-refractivity contribution in [2.75, 3.05) is 6.54 Å². The van der Waals surface area contributed by atoms with Gasteiger partial charge in [0.15, 0.2) is 0 Å². The molecule has 6 heavy (non-hydrogen) atoms. The van der Waals surface area contributed by atoms with Gasteiger partial charge in [0.25, 0.3) is 0 Å². The Kier molecular flexibility index (Phi) is 44.2. The van der Waals surface area contributed by atoms with Crippen LogP contribution in [0.2, 0.25) is 0 Å². The second kappa shape index (κ2) is 16.8. The standard InChI is InChI=1S/C3H8N.H3N.Na/c1-2-3-4;;/h1-4H2;1H3;/q-1;;+1. The van der Waals surface area contributed by atoms with Crippen molar-refractivity contribution < 1.29 is 29.6 Å². The summed E-state index contributed by atoms with van der Waals surface area (Å²) in [6.45, 7) is 4.19. The molecule has 0 aliphatic rings. The van der Waals surface area contributed by atoms with Crippen LogP contribution in [0.3, 0.4) is 0 Å². The zero-order valence-corrected chi connectivity index (χ0v) is 6.41. The summed E-state index contributed by atoms with van der Waals surface area (Å²) in [6.07, 6.45) is 0.847. The number of rotatable bonds is 1. The minimum atomic E-state index is 0. The van der Waals surface area contributed by atoms with Crippen molar-refractivity contribution >= 4 is 0 Å². The Morgan fingerprint density at radius 2 is 1.67 bits per heavy atom. The van der Waals surface area contributed by atoms with Gasteiger partial charge in [0, 0.05) is 0 Å². The molecule has 0 radical (unpaired) electrons. The topological polar surface area (TPSA) is 61.0 Å². The van der Waals surface area contributed by atoms with Crippen LogP contribution in [0, 0.1) is 6.92 Å². The second-order valence-electron chi connectivity index (χ2n) is 0.642. The van der Waals surface area contributed by atoms with E-state index in [4.69, 9.17) is 5.73 Å². The first kappa shape index (κ1) is 15.8. The molecule has 0 aliphatic heterocycles. The Morgan fingerprint density at radius 1 is 1.50 bits per heavy atom. The zero-order valence-electron chi connectivity index (χ0n) is 4.41. The molecular formula is C3H11N2Na. The summed E-state index contributed by atoms with van der Waals surface area (Å²) < 4.78 is 0. The summed E-state index contributed by atoms with van der Waals surface area (Å²) in [5.41, 5.74) is 4.97. The molecule has 0 aromatic heterocycles. The maximum atomic E-state index is 4.97. The van der Waals surface area contributed by atoms with Gasteiger partial charge in [-0.15, -0.1) is 0 Å². The van der Waals surface area contributed by atoms with Crippen LogP contribution in [-0.4, -0.2) is 6.54 Å². The van der Waals surface area contributed by atoms with Gasteiger partial charge < -0.3 is 18.8 Å². The molecule has 0 atom stereocenters. The van der Waals surface area contributed by atoms with Crippen LogP contribution in [0.1, 0.15) is 6.42 Å². The normalized spacial score (nSPS) is 5.00. The van der Waals surface area contributed by atoms with E-state index in [0.29, 0.717) is 6.54 Å². The van der Waals surface area contributed by atoms with Gasteiger partial charge in [0.05, 0.1) is 0 Å². The fraction of sp³-hybridized carbons (Fsp3) is 0.667. The second-order valence-corrected chi connectivity index (χ2v) is 0.642. The van der Waals surface area contributed by atoms with Gasteiger partial charge in [-0.2, -0.15) is 6.42 Å². The molecule has 0 bridgehead atoms. The Balaban J connectivity index is -0.0000000450. The van der Waals surface area contributed by atoms with E-state index in [1.165, 1.54) is 0 Å². The van der Waals surface area contributed by atoms with E-state index in [9.17, 15) is 0 Å². The number of hydrogen-bond donors (Lipinski definition) is 2. The molecule has 0 rings (SSSR count). The SMILES string of the molecule is N.[CH2-]CCN.[Na+]. The first-order valence-corrected chi connectivity index (χ1v) is 1.41. The molecule has 0 amide bonds. The van der Waals surface area contributed by atoms with E-state index in [-0.39, 0.29) is 35.7 Å². The van der Waals surface area contributed by atoms with Crippen molar-refractivity contribution in [2.45, 2.75) is 6.42 Å². The molecular weight excluding hydrogens is 87.0 g/mol. The first-order valence-electron chi connectivity index (χ1n) is 1.41. The molecule has 34 valence electrons. The summed E-state index contributed by atoms with van der Waals surface area (Å²) in [5, 5.41) is 0. The van der Waals surface area contributed by atoms with Gasteiger partial charge in [0.1, 0.15) is 0 Å². The largest absolute Gasteiger partial charge is 1.00 e. The Morgan fingerprint density at radius 3 is 1.67 bits per heavy atom. The molecule has 3 heteroatoms. The van der Waals surface area contributed by atoms with Gasteiger partial charge in [-0.05, 0) is 6.54 Å². The molecule has 0 spiro atoms. The molecule has 0 saturated heterocycles. The Hall–Kier alpha value is 0.920. The van der Waals surface area contributed by atoms with E-state index < -0.39 is 0 Å². The minimum Gasteiger partial charge on any atom is -0.344 e. The van der Waals surface area contributed by atoms with E-state index in [1.807, 2.05) is 0 Å². The fourth-order valence-electron chi connectivity index (χ4n) is 0. The quantitative estimate of drug-likeness (QED) is 0.277. The molecule has 0 unspecified atom stereocenters. The van der Waals surface area contributed by atoms with Crippen LogP contribution in [0.4, 0.5) is 0 Å². The Bertz CT molecular complexity index is 10.8. The smallest absolute Gasteiger partial charge is 0.344 e. The van der Waals surface area contributed by atoms with E-state index in [0.717, 1.165) is 6.42 Å². The molecule has 5 N–H and O–H groups in total. The molecule has 2 nitrogen and oxygen atoms in total. The number of hydrogen-bond acceptors (Lipinski definition) is 2. The maximum absolute atomic E-state index is 4.97. The van der Waals surface area contributed by atoms with Crippen LogP contribution in [0.25, 0.3) is 0 Å². The third-order valence-corrected chi connectivity index (χ3v) is 0.204. The number of nitrogens with two attached hydrogens (primary N) is 1. The van der Waals surface area contributed by atoms with Crippen molar-refractivity contribution in [1.82, 2.24) is 6.15 Å². The van der Waals surface area contributed by atoms with Gasteiger partial charge >= 0.3 is 29.6 Å². The fourth-order valence-corrected chi connectivity index (χ4v) is 0. The van der Waals surface area contributed by atoms with Crippen molar-refractivity contribution in [3.63, 3.8) is 0 Å². The van der Waals surface area contributed by atoms with Gasteiger partial charge in [-0.3, -0.25) is 0 Å². The third-order valence-electron chi connectivity index (χ3n) is 0.204. The predicted octanol–water partition coefficient (Wildman–Crippen LogP) is -2.66. The molecule has 0 saturated carbocycles. The van der Waals surface area contributed by atoms with Crippen molar-refractivity contribution in [3.05, 3.63) is 6.92 Å². The van der Waals surface area contributed by atoms with Crippen molar-refractivity contribution in [2.24, 2.45) is 5.73 Å². The van der Waals surface area contributed by atoms with Gasteiger partial charge in [-0.1, -0.05) is 0 Å². The summed E-state index contributed by atoms with van der Waals surface area (Å²) in [7, 11) is 0. The average Bonchev–Trinajstić information content (AvgIpc) is 1.37. The van der Waals surface area contributed by atoms with Crippen LogP contribution in [0.5, 0.6) is 0 Å². The van der Waals surface area contributed by atoms with Crippen LogP contribution in [0.15, 0.2) is 0 Å². The van der Waals surface area contributed by atoms with Crippen LogP contribution < -0.4 is 41.4 Å². The summed E-state index contributed by atoms with van der Waals surface area (Å²) in [6, 6.07) is 0. The van der Waals surface area contributed by atoms with Crippen LogP contribution >= 0.6 is 0 Å². The minimum absolute atomic E-state index is 0. The first-order chi connectivity index (χ1) is 1.91. The van der Waals surface area contributed by atoms with E-state index in [1.54, 1.807) is 0 Å². The predicted molar refractivity (Wildman–Crippen MR) is 24.1 cm³/mol. The van der Waals surface area contributed by atoms with Gasteiger partial charge in [-0.25, -0.2) is 0 Å². The third kappa shape index (κ3) is 20.5. The summed E-state index contributed by atoms with van der Waals surface area (Å²) in [4.78, 5) is 0. The van der Waals surface area contributed by atoms with Gasteiger partial charge in [0.2, 0.25) is 0 Å². The van der Waals surface area contributed by atoms with Crippen molar-refractivity contribution in [3.8, 4) is 0 Å². The Labute approximate surface area is 61.4 Å². The summed E-state index contributed by atoms with van der Waals surface area (Å²) >= 11 is 0. The monoisotopic (exact) mass is 98.1 g/mol. The molecule has 0 aromatic rings. The molecule has 0 aromatic carbocycles. The maximum Gasteiger partial charge on any atom is 1.00 e. The average molecular weight is 98.1 g/mol. The van der Waals surface area contributed by atoms with E-state index >= 15 is 0 Å². The molecule has 0 fully saturated rings. The molecule has 0 aliphatic carbocycles. The summed E-state index contributed by atoms with van der Waals surface area (Å²) in [5.74, 6) is 0. The van der Waals surface area contributed by atoms with Crippen LogP contribution in [-0.2, 0) is 0 Å². The van der Waals surface area contributed by atoms with Crippen molar-refractivity contribution in [1.29, 1.82) is 0 Å². The van der Waals surface area contributed by atoms with E-state index in [2.05, 4.69) is 6.92 Å². The molecule has 0 heterocycles.